The first-order chi connectivity index (χ1) is 10.8. The Bertz CT molecular complexity index is 543. The molecule has 0 radical (unpaired) electrons. The second-order valence-electron chi connectivity index (χ2n) is 5.06. The van der Waals surface area contributed by atoms with Crippen LogP contribution < -0.4 is 10.6 Å². The number of carbonyl (C=O) groups excluding carboxylic acids is 1. The van der Waals surface area contributed by atoms with Gasteiger partial charge in [-0.05, 0) is 36.3 Å². The van der Waals surface area contributed by atoms with Crippen LogP contribution in [-0.2, 0) is 6.42 Å². The summed E-state index contributed by atoms with van der Waals surface area (Å²) < 4.78 is 0. The fraction of sp³-hybridized carbons (Fsp3) is 0.353. The Morgan fingerprint density at radius 2 is 2.00 bits per heavy atom. The first-order valence-electron chi connectivity index (χ1n) is 7.52. The first-order valence-corrected chi connectivity index (χ1v) is 8.40. The SMILES string of the molecule is O=C(NCCc1cccs1)NC(CCCO)c1ccccc1. The minimum Gasteiger partial charge on any atom is -0.396 e. The summed E-state index contributed by atoms with van der Waals surface area (Å²) in [6, 6.07) is 13.7. The van der Waals surface area contributed by atoms with Crippen LogP contribution in [0.15, 0.2) is 47.8 Å². The minimum absolute atomic E-state index is 0.0740. The van der Waals surface area contributed by atoms with E-state index >= 15 is 0 Å². The molecule has 0 aliphatic carbocycles. The molecule has 0 saturated heterocycles. The van der Waals surface area contributed by atoms with Gasteiger partial charge < -0.3 is 15.7 Å². The molecule has 118 valence electrons. The van der Waals surface area contributed by atoms with Crippen molar-refractivity contribution in [3.63, 3.8) is 0 Å². The molecule has 22 heavy (non-hydrogen) atoms. The number of aliphatic hydroxyl groups is 1. The van der Waals surface area contributed by atoms with Crippen molar-refractivity contribution in [2.45, 2.75) is 25.3 Å². The molecular formula is C17H22N2O2S. The Kier molecular flexibility index (Phi) is 6.93. The van der Waals surface area contributed by atoms with E-state index in [0.29, 0.717) is 13.0 Å². The predicted octanol–water partition coefficient (Wildman–Crippen LogP) is 3.10. The summed E-state index contributed by atoms with van der Waals surface area (Å²) >= 11 is 1.70. The molecule has 2 aromatic rings. The number of hydrogen-bond donors (Lipinski definition) is 3. The number of carbonyl (C=O) groups is 1. The Hall–Kier alpha value is -1.85. The van der Waals surface area contributed by atoms with Crippen molar-refractivity contribution in [3.8, 4) is 0 Å². The molecule has 1 heterocycles. The van der Waals surface area contributed by atoms with Gasteiger partial charge in [-0.25, -0.2) is 4.79 Å². The van der Waals surface area contributed by atoms with E-state index in [4.69, 9.17) is 5.11 Å². The van der Waals surface area contributed by atoms with Gasteiger partial charge in [-0.1, -0.05) is 36.4 Å². The molecule has 0 spiro atoms. The van der Waals surface area contributed by atoms with Gasteiger partial charge in [-0.2, -0.15) is 0 Å². The van der Waals surface area contributed by atoms with Gasteiger partial charge in [0.15, 0.2) is 0 Å². The van der Waals surface area contributed by atoms with Gasteiger partial charge in [-0.15, -0.1) is 11.3 Å². The van der Waals surface area contributed by atoms with Crippen LogP contribution in [0.5, 0.6) is 0 Å². The lowest BCUT2D eigenvalue weighted by Gasteiger charge is -2.19. The predicted molar refractivity (Wildman–Crippen MR) is 90.1 cm³/mol. The van der Waals surface area contributed by atoms with E-state index in [9.17, 15) is 4.79 Å². The monoisotopic (exact) mass is 318 g/mol. The largest absolute Gasteiger partial charge is 0.396 e. The zero-order valence-corrected chi connectivity index (χ0v) is 13.3. The minimum atomic E-state index is -0.164. The quantitative estimate of drug-likeness (QED) is 0.700. The van der Waals surface area contributed by atoms with Crippen LogP contribution in [0, 0.1) is 0 Å². The Balaban J connectivity index is 1.82. The molecule has 2 rings (SSSR count). The Labute approximate surface area is 135 Å². The summed E-state index contributed by atoms with van der Waals surface area (Å²) in [4.78, 5) is 13.3. The van der Waals surface area contributed by atoms with Gasteiger partial charge in [0.2, 0.25) is 0 Å². The molecule has 0 fully saturated rings. The average Bonchev–Trinajstić information content (AvgIpc) is 3.05. The normalized spacial score (nSPS) is 11.9. The highest BCUT2D eigenvalue weighted by atomic mass is 32.1. The van der Waals surface area contributed by atoms with E-state index in [0.717, 1.165) is 18.4 Å². The van der Waals surface area contributed by atoms with Gasteiger partial charge in [0, 0.05) is 18.0 Å². The molecule has 0 saturated carbocycles. The number of aliphatic hydroxyl groups excluding tert-OH is 1. The van der Waals surface area contributed by atoms with E-state index < -0.39 is 0 Å². The first kappa shape index (κ1) is 16.5. The lowest BCUT2D eigenvalue weighted by Crippen LogP contribution is -2.38. The fourth-order valence-electron chi connectivity index (χ4n) is 2.27. The number of urea groups is 1. The third kappa shape index (κ3) is 5.50. The summed E-state index contributed by atoms with van der Waals surface area (Å²) in [6.45, 7) is 0.749. The molecule has 0 aliphatic heterocycles. The number of thiophene rings is 1. The number of nitrogens with one attached hydrogen (secondary N) is 2. The standard InChI is InChI=1S/C17H22N2O2S/c20-12-4-9-16(14-6-2-1-3-7-14)19-17(21)18-11-10-15-8-5-13-22-15/h1-3,5-8,13,16,20H,4,9-12H2,(H2,18,19,21). The lowest BCUT2D eigenvalue weighted by molar-refractivity contribution is 0.233. The van der Waals surface area contributed by atoms with Gasteiger partial charge >= 0.3 is 6.03 Å². The molecule has 1 aromatic heterocycles. The molecule has 0 bridgehead atoms. The average molecular weight is 318 g/mol. The van der Waals surface area contributed by atoms with Crippen molar-refractivity contribution in [1.29, 1.82) is 0 Å². The van der Waals surface area contributed by atoms with Crippen LogP contribution in [0.25, 0.3) is 0 Å². The van der Waals surface area contributed by atoms with E-state index in [-0.39, 0.29) is 18.7 Å². The van der Waals surface area contributed by atoms with Crippen molar-refractivity contribution in [2.75, 3.05) is 13.2 Å². The van der Waals surface area contributed by atoms with Gasteiger partial charge in [0.25, 0.3) is 0 Å². The highest BCUT2D eigenvalue weighted by Gasteiger charge is 2.13. The van der Waals surface area contributed by atoms with Crippen molar-refractivity contribution in [1.82, 2.24) is 10.6 Å². The van der Waals surface area contributed by atoms with E-state index in [1.807, 2.05) is 41.8 Å². The molecule has 1 atom stereocenters. The third-order valence-electron chi connectivity index (χ3n) is 3.40. The van der Waals surface area contributed by atoms with Crippen molar-refractivity contribution >= 4 is 17.4 Å². The second-order valence-corrected chi connectivity index (χ2v) is 6.09. The van der Waals surface area contributed by atoms with E-state index in [2.05, 4.69) is 16.7 Å². The number of hydrogen-bond acceptors (Lipinski definition) is 3. The summed E-state index contributed by atoms with van der Waals surface area (Å²) in [5.74, 6) is 0. The number of rotatable bonds is 8. The summed E-state index contributed by atoms with van der Waals surface area (Å²) in [6.07, 6.45) is 2.23. The maximum Gasteiger partial charge on any atom is 0.315 e. The van der Waals surface area contributed by atoms with Gasteiger partial charge in [0.1, 0.15) is 0 Å². The molecule has 5 heteroatoms. The highest BCUT2D eigenvalue weighted by Crippen LogP contribution is 2.17. The van der Waals surface area contributed by atoms with Gasteiger partial charge in [0.05, 0.1) is 6.04 Å². The second kappa shape index (κ2) is 9.23. The summed E-state index contributed by atoms with van der Waals surface area (Å²) in [5.41, 5.74) is 1.06. The Morgan fingerprint density at radius 1 is 1.18 bits per heavy atom. The highest BCUT2D eigenvalue weighted by molar-refractivity contribution is 7.09. The molecule has 2 amide bonds. The fourth-order valence-corrected chi connectivity index (χ4v) is 2.98. The zero-order chi connectivity index (χ0) is 15.6. The van der Waals surface area contributed by atoms with Crippen LogP contribution in [0.4, 0.5) is 4.79 Å². The molecule has 0 aliphatic rings. The van der Waals surface area contributed by atoms with Crippen molar-refractivity contribution in [3.05, 3.63) is 58.3 Å². The van der Waals surface area contributed by atoms with Crippen LogP contribution in [0.2, 0.25) is 0 Å². The molecule has 1 aromatic carbocycles. The Morgan fingerprint density at radius 3 is 2.68 bits per heavy atom. The molecular weight excluding hydrogens is 296 g/mol. The van der Waals surface area contributed by atoms with Crippen LogP contribution >= 0.6 is 11.3 Å². The third-order valence-corrected chi connectivity index (χ3v) is 4.33. The summed E-state index contributed by atoms with van der Waals surface area (Å²) in [5, 5.41) is 16.9. The maximum atomic E-state index is 12.0. The number of amides is 2. The zero-order valence-electron chi connectivity index (χ0n) is 12.5. The van der Waals surface area contributed by atoms with Crippen LogP contribution in [-0.4, -0.2) is 24.3 Å². The van der Waals surface area contributed by atoms with Crippen molar-refractivity contribution in [2.24, 2.45) is 0 Å². The smallest absolute Gasteiger partial charge is 0.315 e. The lowest BCUT2D eigenvalue weighted by atomic mass is 10.0. The van der Waals surface area contributed by atoms with Crippen LogP contribution in [0.1, 0.15) is 29.3 Å². The van der Waals surface area contributed by atoms with Crippen LogP contribution in [0.3, 0.4) is 0 Å². The molecule has 3 N–H and O–H groups in total. The van der Waals surface area contributed by atoms with Crippen molar-refractivity contribution < 1.29 is 9.90 Å². The van der Waals surface area contributed by atoms with Gasteiger partial charge in [-0.3, -0.25) is 0 Å². The molecule has 4 nitrogen and oxygen atoms in total. The van der Waals surface area contributed by atoms with E-state index in [1.54, 1.807) is 11.3 Å². The molecule has 1 unspecified atom stereocenters. The summed E-state index contributed by atoms with van der Waals surface area (Å²) in [7, 11) is 0. The number of benzene rings is 1. The maximum absolute atomic E-state index is 12.0. The van der Waals surface area contributed by atoms with E-state index in [1.165, 1.54) is 4.88 Å². The topological polar surface area (TPSA) is 61.4 Å².